The van der Waals surface area contributed by atoms with Gasteiger partial charge in [0.25, 0.3) is 0 Å². The number of pyridine rings is 1. The fraction of sp³-hybridized carbons (Fsp3) is 0.100. The highest BCUT2D eigenvalue weighted by Gasteiger charge is 2.13. The number of halogens is 2. The first-order chi connectivity index (χ1) is 15.9. The van der Waals surface area contributed by atoms with E-state index in [9.17, 15) is 10.1 Å². The summed E-state index contributed by atoms with van der Waals surface area (Å²) in [4.78, 5) is 30.1. The van der Waals surface area contributed by atoms with Crippen LogP contribution in [0.25, 0.3) is 22.8 Å². The Labute approximate surface area is 197 Å². The molecule has 4 rings (SSSR count). The highest BCUT2D eigenvalue weighted by Crippen LogP contribution is 2.30. The van der Waals surface area contributed by atoms with Crippen LogP contribution in [-0.2, 0) is 0 Å². The molecule has 0 aliphatic rings. The van der Waals surface area contributed by atoms with Gasteiger partial charge < -0.3 is 20.8 Å². The number of anilines is 2. The Morgan fingerprint density at radius 2 is 2.00 bits per heavy atom. The van der Waals surface area contributed by atoms with Gasteiger partial charge in [-0.2, -0.15) is 4.98 Å². The van der Waals surface area contributed by atoms with E-state index in [1.54, 1.807) is 36.7 Å². The second-order valence-electron chi connectivity index (χ2n) is 6.63. The van der Waals surface area contributed by atoms with Crippen LogP contribution in [0.5, 0.6) is 6.01 Å². The topological polar surface area (TPSA) is 158 Å². The molecule has 168 valence electrons. The molecule has 0 spiro atoms. The minimum Gasteiger partial charge on any atom is -0.462 e. The molecule has 11 nitrogen and oxygen atoms in total. The van der Waals surface area contributed by atoms with Crippen molar-refractivity contribution in [3.8, 4) is 28.8 Å². The van der Waals surface area contributed by atoms with Crippen LogP contribution in [0.1, 0.15) is 0 Å². The number of nitrogens with one attached hydrogen (secondary N) is 2. The van der Waals surface area contributed by atoms with Gasteiger partial charge in [0.15, 0.2) is 5.82 Å². The zero-order chi connectivity index (χ0) is 23.4. The number of H-pyrrole nitrogens is 1. The van der Waals surface area contributed by atoms with Crippen molar-refractivity contribution in [1.29, 1.82) is 0 Å². The summed E-state index contributed by atoms with van der Waals surface area (Å²) in [5.41, 5.74) is 7.34. The smallest absolute Gasteiger partial charge is 0.317 e. The zero-order valence-electron chi connectivity index (χ0n) is 16.8. The molecule has 4 aromatic rings. The fourth-order valence-electron chi connectivity index (χ4n) is 2.88. The third-order valence-corrected chi connectivity index (χ3v) is 4.96. The number of hydrogen-bond donors (Lipinski definition) is 3. The molecular formula is C20H16Cl2N8O3. The van der Waals surface area contributed by atoms with Gasteiger partial charge in [-0.05, 0) is 30.3 Å². The maximum atomic E-state index is 10.8. The molecule has 0 saturated carbocycles. The van der Waals surface area contributed by atoms with Gasteiger partial charge in [0.2, 0.25) is 5.82 Å². The predicted molar refractivity (Wildman–Crippen MR) is 124 cm³/mol. The first-order valence-electron chi connectivity index (χ1n) is 9.52. The lowest BCUT2D eigenvalue weighted by Crippen LogP contribution is -2.14. The van der Waals surface area contributed by atoms with Crippen LogP contribution in [0.2, 0.25) is 10.0 Å². The Morgan fingerprint density at radius 3 is 2.76 bits per heavy atom. The van der Waals surface area contributed by atoms with Crippen LogP contribution < -0.4 is 15.8 Å². The van der Waals surface area contributed by atoms with Crippen molar-refractivity contribution in [2.24, 2.45) is 0 Å². The summed E-state index contributed by atoms with van der Waals surface area (Å²) in [6.07, 6.45) is 3.21. The number of rotatable bonds is 8. The summed E-state index contributed by atoms with van der Waals surface area (Å²) in [6, 6.07) is 9.81. The van der Waals surface area contributed by atoms with Crippen LogP contribution >= 0.6 is 23.2 Å². The number of nitrogen functional groups attached to an aromatic ring is 1. The average molecular weight is 487 g/mol. The zero-order valence-corrected chi connectivity index (χ0v) is 18.3. The molecule has 0 unspecified atom stereocenters. The average Bonchev–Trinajstić information content (AvgIpc) is 3.27. The lowest BCUT2D eigenvalue weighted by Gasteiger charge is -2.08. The summed E-state index contributed by atoms with van der Waals surface area (Å²) in [6.45, 7) is 0.559. The van der Waals surface area contributed by atoms with E-state index in [0.717, 1.165) is 5.56 Å². The molecule has 3 aromatic heterocycles. The van der Waals surface area contributed by atoms with Crippen molar-refractivity contribution in [1.82, 2.24) is 24.9 Å². The molecule has 0 aliphatic carbocycles. The molecule has 1 aromatic carbocycles. The maximum absolute atomic E-state index is 10.8. The van der Waals surface area contributed by atoms with Gasteiger partial charge in [-0.15, -0.1) is 0 Å². The van der Waals surface area contributed by atoms with Crippen LogP contribution in [0.15, 0.2) is 48.8 Å². The number of aromatic amines is 1. The molecular weight excluding hydrogens is 471 g/mol. The van der Waals surface area contributed by atoms with E-state index in [-0.39, 0.29) is 24.1 Å². The molecule has 0 radical (unpaired) electrons. The summed E-state index contributed by atoms with van der Waals surface area (Å²) in [5, 5.41) is 14.8. The summed E-state index contributed by atoms with van der Waals surface area (Å²) in [5.74, 6) is 0.743. The largest absolute Gasteiger partial charge is 0.462 e. The number of nitrogens with two attached hydrogens (primary N) is 1. The third-order valence-electron chi connectivity index (χ3n) is 4.41. The number of nitro groups is 1. The lowest BCUT2D eigenvalue weighted by atomic mass is 10.2. The fourth-order valence-corrected chi connectivity index (χ4v) is 3.39. The molecule has 0 atom stereocenters. The van der Waals surface area contributed by atoms with Crippen LogP contribution in [-0.4, -0.2) is 43.0 Å². The number of benzene rings is 1. The molecule has 0 saturated heterocycles. The number of aromatic nitrogens is 5. The summed E-state index contributed by atoms with van der Waals surface area (Å²) in [7, 11) is 0. The van der Waals surface area contributed by atoms with Gasteiger partial charge >= 0.3 is 11.7 Å². The number of hydrogen-bond acceptors (Lipinski definition) is 9. The van der Waals surface area contributed by atoms with E-state index >= 15 is 0 Å². The van der Waals surface area contributed by atoms with Crippen molar-refractivity contribution in [3.63, 3.8) is 0 Å². The lowest BCUT2D eigenvalue weighted by molar-refractivity contribution is -0.384. The normalized spacial score (nSPS) is 10.7. The van der Waals surface area contributed by atoms with Crippen molar-refractivity contribution < 1.29 is 9.66 Å². The van der Waals surface area contributed by atoms with Gasteiger partial charge in [-0.25, -0.2) is 15.0 Å². The van der Waals surface area contributed by atoms with Crippen molar-refractivity contribution in [3.05, 3.63) is 69.0 Å². The number of nitrogens with zero attached hydrogens (tertiary/aromatic N) is 5. The quantitative estimate of drug-likeness (QED) is 0.188. The second-order valence-corrected chi connectivity index (χ2v) is 7.47. The van der Waals surface area contributed by atoms with Gasteiger partial charge in [0.1, 0.15) is 18.1 Å². The Morgan fingerprint density at radius 1 is 1.15 bits per heavy atom. The van der Waals surface area contributed by atoms with E-state index < -0.39 is 4.92 Å². The Hall–Kier alpha value is -3.96. The van der Waals surface area contributed by atoms with Gasteiger partial charge in [-0.3, -0.25) is 10.1 Å². The minimum absolute atomic E-state index is 0.160. The SMILES string of the molecule is Nc1nc(NCCOc2nccc(-c3ncc(-c4ccc(Cl)cc4Cl)[nH]3)n2)ccc1[N+](=O)[O-]. The first-order valence-corrected chi connectivity index (χ1v) is 10.3. The molecule has 4 N–H and O–H groups in total. The monoisotopic (exact) mass is 486 g/mol. The molecule has 0 amide bonds. The maximum Gasteiger partial charge on any atom is 0.317 e. The van der Waals surface area contributed by atoms with Gasteiger partial charge in [0.05, 0.1) is 28.4 Å². The predicted octanol–water partition coefficient (Wildman–Crippen LogP) is 4.22. The molecule has 0 bridgehead atoms. The molecule has 0 aliphatic heterocycles. The van der Waals surface area contributed by atoms with Crippen LogP contribution in [0.4, 0.5) is 17.3 Å². The van der Waals surface area contributed by atoms with Gasteiger partial charge in [0, 0.05) is 22.8 Å². The Bertz CT molecular complexity index is 1310. The molecule has 33 heavy (non-hydrogen) atoms. The molecule has 3 heterocycles. The number of ether oxygens (including phenoxy) is 1. The minimum atomic E-state index is -0.592. The summed E-state index contributed by atoms with van der Waals surface area (Å²) >= 11 is 12.2. The third kappa shape index (κ3) is 5.27. The van der Waals surface area contributed by atoms with Gasteiger partial charge in [-0.1, -0.05) is 23.2 Å². The van der Waals surface area contributed by atoms with E-state index in [0.29, 0.717) is 39.6 Å². The Balaban J connectivity index is 1.37. The molecule has 0 fully saturated rings. The summed E-state index contributed by atoms with van der Waals surface area (Å²) < 4.78 is 5.58. The highest BCUT2D eigenvalue weighted by atomic mass is 35.5. The van der Waals surface area contributed by atoms with Crippen LogP contribution in [0.3, 0.4) is 0 Å². The second kappa shape index (κ2) is 9.67. The first kappa shape index (κ1) is 22.2. The van der Waals surface area contributed by atoms with Crippen LogP contribution in [0, 0.1) is 10.1 Å². The molecule has 13 heteroatoms. The van der Waals surface area contributed by atoms with Crippen molar-refractivity contribution >= 4 is 40.5 Å². The van der Waals surface area contributed by atoms with Crippen molar-refractivity contribution in [2.45, 2.75) is 0 Å². The highest BCUT2D eigenvalue weighted by molar-refractivity contribution is 6.36. The Kier molecular flexibility index (Phi) is 6.52. The van der Waals surface area contributed by atoms with E-state index in [1.165, 1.54) is 12.1 Å². The standard InChI is InChI=1S/C20H16Cl2N8O3/c21-11-1-2-12(13(22)9-11)15-10-26-19(27-15)14-5-6-25-20(28-14)33-8-7-24-17-4-3-16(30(31)32)18(23)29-17/h1-6,9-10H,7-8H2,(H,26,27)(H3,23,24,29). The number of imidazole rings is 1. The van der Waals surface area contributed by atoms with E-state index in [4.69, 9.17) is 33.7 Å². The van der Waals surface area contributed by atoms with E-state index in [2.05, 4.69) is 30.2 Å². The van der Waals surface area contributed by atoms with E-state index in [1.807, 2.05) is 0 Å². The van der Waals surface area contributed by atoms with Crippen molar-refractivity contribution in [2.75, 3.05) is 24.2 Å².